The SMILES string of the molecule is Cc1c[n+]2n(c1-c1ccc(-c3ccccc3)cc1)-c1cccc3c1C21c2c(cccc2Oc2cccc[n+]21)O3.Cc1cc2c3c(c1-c1ccccc1)Oc1cccc4c1C3([n+]1ccccc1O4)[n+]1cccn1-2.Cc1cc2c3c(c1-c1nnc(-c4ccccc4)o1)Oc1cccc4c1C3([n+]1ccccc1O4)[n+]1cccn1-2.Cc1cccc(C)c1-c1cc2c3c(c1)-n1ccc[n+]1C31c3c(cccc3Oc3cccc[n+]31)O2. The topological polar surface area (TPSA) is 164 Å². The Hall–Kier alpha value is -19.2. The van der Waals surface area contributed by atoms with E-state index in [0.29, 0.717) is 17.5 Å². The quantitative estimate of drug-likeness (QED) is 0.146. The molecule has 682 valence electrons. The summed E-state index contributed by atoms with van der Waals surface area (Å²) in [6.07, 6.45) is 23.3. The van der Waals surface area contributed by atoms with Crippen LogP contribution in [0.25, 0.3) is 90.3 Å². The first-order valence-electron chi connectivity index (χ1n) is 48.3. The van der Waals surface area contributed by atoms with Gasteiger partial charge in [0.1, 0.15) is 62.9 Å². The predicted octanol–water partition coefficient (Wildman–Crippen LogP) is 21.4. The third kappa shape index (κ3) is 10.2. The summed E-state index contributed by atoms with van der Waals surface area (Å²) in [6.45, 7) is 10.8. The number of pyridine rings is 4. The first-order valence-corrected chi connectivity index (χ1v) is 48.3. The van der Waals surface area contributed by atoms with Crippen LogP contribution < -0.4 is 74.9 Å². The fraction of sp³-hybridized carbons (Fsp3) is 0.0744. The molecule has 13 aromatic carbocycles. The van der Waals surface area contributed by atoms with Crippen LogP contribution in [0, 0.1) is 34.6 Å². The summed E-state index contributed by atoms with van der Waals surface area (Å²) in [4.78, 5) is 0. The summed E-state index contributed by atoms with van der Waals surface area (Å²) in [6, 6.07) is 116. The van der Waals surface area contributed by atoms with Crippen molar-refractivity contribution in [3.05, 3.63) is 480 Å². The fourth-order valence-electron chi connectivity index (χ4n) is 25.0. The highest BCUT2D eigenvalue weighted by Gasteiger charge is 2.77. The molecule has 4 spiro atoms. The van der Waals surface area contributed by atoms with Crippen molar-refractivity contribution in [1.82, 2.24) is 28.9 Å². The standard InChI is InChI=1S/C34H23N3O2.C30H19N5O3.C29H21N3O2.C28H19N3O2/c1-22-21-36-34-31-26(37(36)33(22)25-18-16-24(17-19-25)23-9-3-2-4-10-23)11-7-12-27(31)38-28-13-8-14-29(32(28)34)39-30-15-5-6-20-35(30)34;1-18-17-20-25-27(24(18)29-32-31-28(38-29)19-9-3-2-4-10-19)37-22-12-7-11-21-26(22)30(25,35-16-8-15-34(20)35)33-14-6-5-13-23(33)36-21;1-18-8-5-9-19(2)26(18)20-16-21-27-24(17-20)33-22-10-6-11-23-28(22)29(27,32-15-7-14-31(21)32)30-13-4-3-12-25(30)34-23;1-18-17-20-25-27(24(18)19-9-3-2-4-10-19)33-22-12-7-11-21-26(22)28(25,31-16-8-15-30(20)31)29-14-6-5-13-23(29)32-21/h2-21H,1H3;2-17H,1H3;3-17H,1-2H3;2-17H,1H3/q4*+2. The Morgan fingerprint density at radius 2 is 0.590 bits per heavy atom. The number of aromatic nitrogens is 14. The molecule has 0 amide bonds. The van der Waals surface area contributed by atoms with E-state index in [2.05, 4.69) is 345 Å². The van der Waals surface area contributed by atoms with E-state index < -0.39 is 22.7 Å². The first-order chi connectivity index (χ1) is 70.9. The summed E-state index contributed by atoms with van der Waals surface area (Å²) >= 11 is 0. The van der Waals surface area contributed by atoms with Gasteiger partial charge in [0.05, 0.1) is 48.4 Å². The molecule has 0 saturated heterocycles. The summed E-state index contributed by atoms with van der Waals surface area (Å²) in [5.74, 6) is 13.7. The molecule has 0 fully saturated rings. The average molecular weight is 1880 g/mol. The van der Waals surface area contributed by atoms with Crippen LogP contribution in [-0.2, 0) is 22.7 Å². The molecule has 34 rings (SSSR count). The Morgan fingerprint density at radius 1 is 0.229 bits per heavy atom. The van der Waals surface area contributed by atoms with Gasteiger partial charge in [-0.2, -0.15) is 0 Å². The van der Waals surface area contributed by atoms with Gasteiger partial charge >= 0.3 is 46.2 Å². The molecule has 0 saturated carbocycles. The molecule has 144 heavy (non-hydrogen) atoms. The zero-order valence-corrected chi connectivity index (χ0v) is 78.1. The van der Waals surface area contributed by atoms with Gasteiger partial charge in [0.15, 0.2) is 104 Å². The van der Waals surface area contributed by atoms with Crippen molar-refractivity contribution in [2.45, 2.75) is 57.3 Å². The van der Waals surface area contributed by atoms with E-state index in [-0.39, 0.29) is 0 Å². The minimum Gasteiger partial charge on any atom is -0.455 e. The maximum atomic E-state index is 6.77. The van der Waals surface area contributed by atoms with Crippen LogP contribution in [0.5, 0.6) is 92.5 Å². The molecule has 0 radical (unpaired) electrons. The van der Waals surface area contributed by atoms with Crippen molar-refractivity contribution in [1.29, 1.82) is 0 Å². The number of hydrogen-bond donors (Lipinski definition) is 0. The van der Waals surface area contributed by atoms with Gasteiger partial charge in [-0.1, -0.05) is 170 Å². The molecule has 0 N–H and O–H groups in total. The summed E-state index contributed by atoms with van der Waals surface area (Å²) < 4.78 is 85.7. The summed E-state index contributed by atoms with van der Waals surface area (Å²) in [5, 5.41) is 8.86. The van der Waals surface area contributed by atoms with Crippen LogP contribution in [0.3, 0.4) is 0 Å². The van der Waals surface area contributed by atoms with E-state index in [1.54, 1.807) is 0 Å². The van der Waals surface area contributed by atoms with Gasteiger partial charge in [0, 0.05) is 64.7 Å². The fourth-order valence-corrected chi connectivity index (χ4v) is 25.0. The van der Waals surface area contributed by atoms with Crippen molar-refractivity contribution < 1.29 is 79.3 Å². The third-order valence-corrected chi connectivity index (χ3v) is 30.4. The number of benzene rings is 13. The maximum Gasteiger partial charge on any atom is 0.452 e. The molecule has 22 aromatic rings. The molecular formula is C121H82N14O9+8. The smallest absolute Gasteiger partial charge is 0.452 e. The molecule has 23 nitrogen and oxygen atoms in total. The van der Waals surface area contributed by atoms with Crippen molar-refractivity contribution in [3.63, 3.8) is 0 Å². The number of ether oxygens (including phenoxy) is 8. The van der Waals surface area contributed by atoms with E-state index in [9.17, 15) is 0 Å². The second-order valence-corrected chi connectivity index (χ2v) is 38.0. The number of nitrogens with zero attached hydrogens (tertiary/aromatic N) is 14. The Bertz CT molecular complexity index is 9380. The second-order valence-electron chi connectivity index (χ2n) is 38.0. The number of fused-ring (bicyclic) bond motifs is 12. The van der Waals surface area contributed by atoms with E-state index >= 15 is 0 Å². The van der Waals surface area contributed by atoms with Gasteiger partial charge in [0.2, 0.25) is 30.7 Å². The van der Waals surface area contributed by atoms with E-state index in [4.69, 9.17) is 42.3 Å². The van der Waals surface area contributed by atoms with Crippen LogP contribution in [0.1, 0.15) is 72.3 Å². The van der Waals surface area contributed by atoms with Crippen LogP contribution >= 0.6 is 0 Å². The van der Waals surface area contributed by atoms with E-state index in [0.717, 1.165) is 193 Å². The van der Waals surface area contributed by atoms with Crippen molar-refractivity contribution in [2.24, 2.45) is 0 Å². The summed E-state index contributed by atoms with van der Waals surface area (Å²) in [5.41, 5.74) is 27.0. The number of hydrogen-bond acceptors (Lipinski definition) is 11. The molecule has 0 aliphatic carbocycles. The Labute approximate surface area is 823 Å². The highest BCUT2D eigenvalue weighted by atomic mass is 16.5. The third-order valence-electron chi connectivity index (χ3n) is 30.4. The molecule has 0 bridgehead atoms. The summed E-state index contributed by atoms with van der Waals surface area (Å²) in [7, 11) is 0. The highest BCUT2D eigenvalue weighted by molar-refractivity contribution is 5.85. The molecule has 12 aliphatic heterocycles. The van der Waals surface area contributed by atoms with Crippen molar-refractivity contribution in [2.75, 3.05) is 0 Å². The lowest BCUT2D eigenvalue weighted by Gasteiger charge is -2.32. The largest absolute Gasteiger partial charge is 0.455 e. The molecular weight excluding hydrogens is 1790 g/mol. The molecule has 4 unspecified atom stereocenters. The lowest BCUT2D eigenvalue weighted by atomic mass is 9.82. The van der Waals surface area contributed by atoms with Crippen LogP contribution in [-0.4, -0.2) is 28.9 Å². The van der Waals surface area contributed by atoms with Gasteiger partial charge in [-0.05, 0) is 225 Å². The van der Waals surface area contributed by atoms with E-state index in [1.807, 2.05) is 164 Å². The number of rotatable bonds is 6. The highest BCUT2D eigenvalue weighted by Crippen LogP contribution is 2.64. The van der Waals surface area contributed by atoms with Crippen LogP contribution in [0.4, 0.5) is 0 Å². The maximum absolute atomic E-state index is 6.77. The van der Waals surface area contributed by atoms with E-state index in [1.165, 1.54) is 44.5 Å². The van der Waals surface area contributed by atoms with Gasteiger partial charge in [-0.3, -0.25) is 0 Å². The van der Waals surface area contributed by atoms with Crippen LogP contribution in [0.15, 0.2) is 412 Å². The zero-order valence-electron chi connectivity index (χ0n) is 78.1. The van der Waals surface area contributed by atoms with Gasteiger partial charge in [-0.25, -0.2) is 0 Å². The number of aryl methyl sites for hydroxylation is 5. The molecule has 21 heterocycles. The van der Waals surface area contributed by atoms with Crippen LogP contribution in [0.2, 0.25) is 0 Å². The second kappa shape index (κ2) is 29.0. The average Bonchev–Trinajstić information content (AvgIpc) is 1.50. The predicted molar refractivity (Wildman–Crippen MR) is 527 cm³/mol. The Balaban J connectivity index is 0.0000000878. The monoisotopic (exact) mass is 1870 g/mol. The minimum atomic E-state index is -0.766. The lowest BCUT2D eigenvalue weighted by Crippen LogP contribution is -2.75. The van der Waals surface area contributed by atoms with Crippen molar-refractivity contribution in [3.8, 4) is 183 Å². The normalized spacial score (nSPS) is 17.3. The molecule has 4 atom stereocenters. The lowest BCUT2D eigenvalue weighted by molar-refractivity contribution is -0.997. The Kier molecular flexibility index (Phi) is 16.1. The molecule has 23 heteroatoms. The minimum absolute atomic E-state index is 0.417. The van der Waals surface area contributed by atoms with Gasteiger partial charge in [0.25, 0.3) is 5.89 Å². The zero-order chi connectivity index (χ0) is 95.1. The molecule has 12 aliphatic rings. The van der Waals surface area contributed by atoms with Crippen molar-refractivity contribution >= 4 is 0 Å². The Morgan fingerprint density at radius 3 is 1.08 bits per heavy atom. The molecule has 9 aromatic heterocycles. The van der Waals surface area contributed by atoms with Gasteiger partial charge in [-0.15, -0.1) is 28.9 Å². The first kappa shape index (κ1) is 79.9. The van der Waals surface area contributed by atoms with Gasteiger partial charge < -0.3 is 42.3 Å².